The van der Waals surface area contributed by atoms with Crippen LogP contribution < -0.4 is 5.56 Å². The second-order valence-electron chi connectivity index (χ2n) is 3.76. The Labute approximate surface area is 109 Å². The van der Waals surface area contributed by atoms with Gasteiger partial charge in [0.05, 0.1) is 29.5 Å². The molecule has 2 aromatic rings. The van der Waals surface area contributed by atoms with Crippen LogP contribution in [0, 0.1) is 0 Å². The van der Waals surface area contributed by atoms with Gasteiger partial charge in [0, 0.05) is 12.4 Å². The Morgan fingerprint density at radius 1 is 1.50 bits per heavy atom. The van der Waals surface area contributed by atoms with Gasteiger partial charge in [-0.1, -0.05) is 17.7 Å². The molecule has 0 saturated heterocycles. The third-order valence-electron chi connectivity index (χ3n) is 2.61. The van der Waals surface area contributed by atoms with Crippen molar-refractivity contribution in [2.24, 2.45) is 7.05 Å². The number of hydrogen-bond acceptors (Lipinski definition) is 3. The fraction of sp³-hybridized carbons (Fsp3) is 0.231. The fourth-order valence-corrected chi connectivity index (χ4v) is 1.93. The van der Waals surface area contributed by atoms with Gasteiger partial charge in [-0.05, 0) is 24.6 Å². The first-order valence-corrected chi connectivity index (χ1v) is 5.95. The van der Waals surface area contributed by atoms with E-state index in [2.05, 4.69) is 5.10 Å². The number of benzene rings is 1. The van der Waals surface area contributed by atoms with Crippen LogP contribution in [0.1, 0.15) is 12.5 Å². The van der Waals surface area contributed by atoms with Crippen LogP contribution in [0.5, 0.6) is 0 Å². The van der Waals surface area contributed by atoms with Gasteiger partial charge in [0.15, 0.2) is 0 Å². The lowest BCUT2D eigenvalue weighted by Crippen LogP contribution is -2.19. The van der Waals surface area contributed by atoms with Crippen molar-refractivity contribution in [2.45, 2.75) is 6.92 Å². The fourth-order valence-electron chi connectivity index (χ4n) is 1.69. The van der Waals surface area contributed by atoms with Crippen LogP contribution in [0.15, 0.2) is 29.4 Å². The molecular formula is C13H13ClN2O2. The van der Waals surface area contributed by atoms with Gasteiger partial charge in [0.25, 0.3) is 5.56 Å². The summed E-state index contributed by atoms with van der Waals surface area (Å²) in [5, 5.41) is 5.64. The number of halogens is 1. The summed E-state index contributed by atoms with van der Waals surface area (Å²) in [6.07, 6.45) is 5.03. The molecule has 0 radical (unpaired) electrons. The van der Waals surface area contributed by atoms with Gasteiger partial charge >= 0.3 is 0 Å². The lowest BCUT2D eigenvalue weighted by molar-refractivity contribution is 0.272. The van der Waals surface area contributed by atoms with Crippen molar-refractivity contribution in [1.29, 1.82) is 0 Å². The molecule has 0 unspecified atom stereocenters. The van der Waals surface area contributed by atoms with Crippen LogP contribution in [0.25, 0.3) is 16.8 Å². The molecular weight excluding hydrogens is 252 g/mol. The predicted molar refractivity (Wildman–Crippen MR) is 72.7 cm³/mol. The normalized spacial score (nSPS) is 11.3. The molecule has 0 fully saturated rings. The van der Waals surface area contributed by atoms with Crippen molar-refractivity contribution in [3.8, 4) is 0 Å². The quantitative estimate of drug-likeness (QED) is 0.801. The van der Waals surface area contributed by atoms with E-state index in [4.69, 9.17) is 16.3 Å². The maximum Gasteiger partial charge on any atom is 0.275 e. The number of aryl methyl sites for hydroxylation is 1. The highest BCUT2D eigenvalue weighted by Gasteiger charge is 2.08. The maximum absolute atomic E-state index is 12.0. The van der Waals surface area contributed by atoms with Gasteiger partial charge < -0.3 is 4.74 Å². The molecule has 2 rings (SSSR count). The van der Waals surface area contributed by atoms with E-state index in [-0.39, 0.29) is 5.56 Å². The average molecular weight is 265 g/mol. The summed E-state index contributed by atoms with van der Waals surface area (Å²) in [5.74, 6) is 0. The van der Waals surface area contributed by atoms with Crippen molar-refractivity contribution in [3.05, 3.63) is 45.5 Å². The van der Waals surface area contributed by atoms with Gasteiger partial charge in [-0.25, -0.2) is 4.68 Å². The molecule has 0 N–H and O–H groups in total. The third kappa shape index (κ3) is 2.24. The maximum atomic E-state index is 12.0. The summed E-state index contributed by atoms with van der Waals surface area (Å²) >= 11 is 6.07. The van der Waals surface area contributed by atoms with Gasteiger partial charge in [0.2, 0.25) is 0 Å². The number of nitrogens with zero attached hydrogens (tertiary/aromatic N) is 2. The minimum atomic E-state index is -0.204. The summed E-state index contributed by atoms with van der Waals surface area (Å²) in [6.45, 7) is 2.50. The monoisotopic (exact) mass is 264 g/mol. The van der Waals surface area contributed by atoms with E-state index >= 15 is 0 Å². The molecule has 18 heavy (non-hydrogen) atoms. The molecule has 0 amide bonds. The molecule has 0 aliphatic heterocycles. The second-order valence-corrected chi connectivity index (χ2v) is 4.16. The molecule has 0 spiro atoms. The summed E-state index contributed by atoms with van der Waals surface area (Å²) < 4.78 is 6.42. The molecule has 4 nitrogen and oxygen atoms in total. The Morgan fingerprint density at radius 3 is 3.00 bits per heavy atom. The number of aromatic nitrogens is 2. The van der Waals surface area contributed by atoms with E-state index in [0.29, 0.717) is 17.0 Å². The summed E-state index contributed by atoms with van der Waals surface area (Å²) in [4.78, 5) is 12.0. The molecule has 0 bridgehead atoms. The summed E-state index contributed by atoms with van der Waals surface area (Å²) in [7, 11) is 1.60. The SMILES string of the molecule is CCOC=Cc1ccc(Cl)c2c(=O)n(C)ncc12. The van der Waals surface area contributed by atoms with Gasteiger partial charge in [-0.3, -0.25) is 4.79 Å². The smallest absolute Gasteiger partial charge is 0.275 e. The Kier molecular flexibility index (Phi) is 3.67. The first-order chi connectivity index (χ1) is 8.65. The van der Waals surface area contributed by atoms with Gasteiger partial charge in [-0.2, -0.15) is 5.10 Å². The largest absolute Gasteiger partial charge is 0.501 e. The standard InChI is InChI=1S/C13H13ClN2O2/c1-3-18-7-6-9-4-5-11(14)12-10(9)8-15-16(2)13(12)17/h4-8H,3H2,1-2H3. The lowest BCUT2D eigenvalue weighted by Gasteiger charge is -2.05. The molecule has 0 aliphatic carbocycles. The Morgan fingerprint density at radius 2 is 2.28 bits per heavy atom. The van der Waals surface area contributed by atoms with Crippen LogP contribution >= 0.6 is 11.6 Å². The average Bonchev–Trinajstić information content (AvgIpc) is 2.36. The number of rotatable bonds is 3. The number of ether oxygens (including phenoxy) is 1. The van der Waals surface area contributed by atoms with Crippen LogP contribution in [-0.2, 0) is 11.8 Å². The number of fused-ring (bicyclic) bond motifs is 1. The number of hydrogen-bond donors (Lipinski definition) is 0. The zero-order valence-electron chi connectivity index (χ0n) is 10.2. The highest BCUT2D eigenvalue weighted by molar-refractivity contribution is 6.35. The highest BCUT2D eigenvalue weighted by Crippen LogP contribution is 2.23. The van der Waals surface area contributed by atoms with E-state index < -0.39 is 0 Å². The van der Waals surface area contributed by atoms with E-state index in [9.17, 15) is 4.79 Å². The zero-order chi connectivity index (χ0) is 13.1. The van der Waals surface area contributed by atoms with Gasteiger partial charge in [-0.15, -0.1) is 0 Å². The summed E-state index contributed by atoms with van der Waals surface area (Å²) in [5.41, 5.74) is 0.650. The molecule has 0 saturated carbocycles. The van der Waals surface area contributed by atoms with Crippen LogP contribution in [0.3, 0.4) is 0 Å². The van der Waals surface area contributed by atoms with Crippen molar-refractivity contribution < 1.29 is 4.74 Å². The molecule has 1 heterocycles. The minimum Gasteiger partial charge on any atom is -0.501 e. The molecule has 0 atom stereocenters. The first kappa shape index (κ1) is 12.6. The molecule has 1 aromatic heterocycles. The van der Waals surface area contributed by atoms with E-state index in [1.54, 1.807) is 31.6 Å². The van der Waals surface area contributed by atoms with Crippen molar-refractivity contribution in [1.82, 2.24) is 9.78 Å². The molecule has 94 valence electrons. The lowest BCUT2D eigenvalue weighted by atomic mass is 10.1. The van der Waals surface area contributed by atoms with Crippen LogP contribution in [-0.4, -0.2) is 16.4 Å². The van der Waals surface area contributed by atoms with E-state index in [0.717, 1.165) is 10.9 Å². The highest BCUT2D eigenvalue weighted by atomic mass is 35.5. The topological polar surface area (TPSA) is 44.1 Å². The van der Waals surface area contributed by atoms with Crippen LogP contribution in [0.2, 0.25) is 5.02 Å². The first-order valence-electron chi connectivity index (χ1n) is 5.57. The predicted octanol–water partition coefficient (Wildman–Crippen LogP) is 2.59. The van der Waals surface area contributed by atoms with Crippen LogP contribution in [0.4, 0.5) is 0 Å². The second kappa shape index (κ2) is 5.23. The Bertz CT molecular complexity index is 662. The van der Waals surface area contributed by atoms with Crippen molar-refractivity contribution >= 4 is 28.4 Å². The molecule has 5 heteroatoms. The third-order valence-corrected chi connectivity index (χ3v) is 2.92. The molecule has 1 aromatic carbocycles. The Balaban J connectivity index is 2.68. The summed E-state index contributed by atoms with van der Waals surface area (Å²) in [6, 6.07) is 3.54. The molecule has 0 aliphatic rings. The van der Waals surface area contributed by atoms with Crippen molar-refractivity contribution in [3.63, 3.8) is 0 Å². The minimum absolute atomic E-state index is 0.204. The van der Waals surface area contributed by atoms with E-state index in [1.807, 2.05) is 13.0 Å². The van der Waals surface area contributed by atoms with E-state index in [1.165, 1.54) is 4.68 Å². The Hall–Kier alpha value is -1.81. The van der Waals surface area contributed by atoms with Crippen molar-refractivity contribution in [2.75, 3.05) is 6.61 Å². The van der Waals surface area contributed by atoms with Gasteiger partial charge in [0.1, 0.15) is 0 Å². The zero-order valence-corrected chi connectivity index (χ0v) is 10.9.